The highest BCUT2D eigenvalue weighted by Crippen LogP contribution is 2.42. The number of rotatable bonds is 5. The molecule has 2 N–H and O–H groups in total. The van der Waals surface area contributed by atoms with E-state index in [4.69, 9.17) is 9.72 Å². The summed E-state index contributed by atoms with van der Waals surface area (Å²) in [6.07, 6.45) is 5.33. The van der Waals surface area contributed by atoms with E-state index in [1.165, 1.54) is 0 Å². The van der Waals surface area contributed by atoms with Gasteiger partial charge in [0, 0.05) is 43.4 Å². The van der Waals surface area contributed by atoms with Gasteiger partial charge in [0.2, 0.25) is 17.7 Å². The molecule has 1 saturated carbocycles. The van der Waals surface area contributed by atoms with E-state index in [0.29, 0.717) is 23.9 Å². The van der Waals surface area contributed by atoms with Gasteiger partial charge in [-0.2, -0.15) is 9.97 Å². The van der Waals surface area contributed by atoms with Crippen LogP contribution < -0.4 is 10.1 Å². The van der Waals surface area contributed by atoms with Crippen molar-refractivity contribution in [2.75, 3.05) is 19.0 Å². The van der Waals surface area contributed by atoms with Crippen molar-refractivity contribution in [3.05, 3.63) is 24.4 Å². The number of ether oxygens (including phenoxy) is 1. The molecule has 1 amide bonds. The van der Waals surface area contributed by atoms with Crippen LogP contribution in [0.2, 0.25) is 0 Å². The third-order valence-electron chi connectivity index (χ3n) is 7.04. The lowest BCUT2D eigenvalue weighted by Gasteiger charge is -2.51. The molecule has 10 nitrogen and oxygen atoms in total. The summed E-state index contributed by atoms with van der Waals surface area (Å²) >= 11 is 0. The third kappa shape index (κ3) is 3.12. The first kappa shape index (κ1) is 20.0. The van der Waals surface area contributed by atoms with Crippen molar-refractivity contribution in [1.82, 2.24) is 34.8 Å². The highest BCUT2D eigenvalue weighted by Gasteiger charge is 2.48. The van der Waals surface area contributed by atoms with E-state index < -0.39 is 0 Å². The Morgan fingerprint density at radius 1 is 1.27 bits per heavy atom. The number of carbonyl (C=O) groups excluding carboxylic acids is 1. The largest absolute Gasteiger partial charge is 0.480 e. The van der Waals surface area contributed by atoms with Crippen LogP contribution in [0.4, 0.5) is 5.95 Å². The van der Waals surface area contributed by atoms with Crippen molar-refractivity contribution in [2.24, 2.45) is 7.05 Å². The van der Waals surface area contributed by atoms with E-state index in [9.17, 15) is 4.79 Å². The standard InChI is InChI=1S/C23H26N8O2/c1-23(31-8-4-5-18(31)32)10-14(11-23)25-22-26-20-19(21(27-22)33-3)15(12-24-20)13-6-7-16-17(9-13)30(2)29-28-16/h6-7,9,12,14H,4-5,8,10-11H2,1-3H3,(H2,24,25,26,27)/t14-,23+. The Morgan fingerprint density at radius 3 is 2.88 bits per heavy atom. The van der Waals surface area contributed by atoms with E-state index in [0.717, 1.165) is 53.4 Å². The van der Waals surface area contributed by atoms with Crippen molar-refractivity contribution >= 4 is 33.9 Å². The molecule has 6 rings (SSSR count). The van der Waals surface area contributed by atoms with Gasteiger partial charge in [0.05, 0.1) is 18.0 Å². The number of aromatic amines is 1. The molecule has 2 aliphatic rings. The van der Waals surface area contributed by atoms with Crippen molar-refractivity contribution in [2.45, 2.75) is 44.2 Å². The molecule has 33 heavy (non-hydrogen) atoms. The SMILES string of the molecule is COc1nc(N[C@H]2C[C@@](C)(N3CCCC3=O)C2)nc2[nH]cc(-c3ccc4nnn(C)c4c3)c12. The second-order valence-electron chi connectivity index (χ2n) is 9.29. The lowest BCUT2D eigenvalue weighted by Crippen LogP contribution is -2.59. The van der Waals surface area contributed by atoms with E-state index >= 15 is 0 Å². The number of aromatic nitrogens is 6. The number of amides is 1. The number of H-pyrrole nitrogens is 1. The van der Waals surface area contributed by atoms with Gasteiger partial charge in [-0.05, 0) is 43.9 Å². The number of carbonyl (C=O) groups is 1. The number of anilines is 1. The topological polar surface area (TPSA) is 114 Å². The zero-order valence-electron chi connectivity index (χ0n) is 18.9. The molecule has 10 heteroatoms. The monoisotopic (exact) mass is 446 g/mol. The van der Waals surface area contributed by atoms with Crippen LogP contribution in [0.3, 0.4) is 0 Å². The third-order valence-corrected chi connectivity index (χ3v) is 7.04. The molecular formula is C23H26N8O2. The summed E-state index contributed by atoms with van der Waals surface area (Å²) in [5, 5.41) is 12.5. The maximum Gasteiger partial charge on any atom is 0.228 e. The molecule has 4 aromatic rings. The fraction of sp³-hybridized carbons (Fsp3) is 0.435. The number of methoxy groups -OCH3 is 1. The molecular weight excluding hydrogens is 420 g/mol. The fourth-order valence-corrected chi connectivity index (χ4v) is 5.36. The average Bonchev–Trinajstić information content (AvgIpc) is 3.50. The first-order valence-electron chi connectivity index (χ1n) is 11.3. The number of benzene rings is 1. The summed E-state index contributed by atoms with van der Waals surface area (Å²) in [6.45, 7) is 3.04. The lowest BCUT2D eigenvalue weighted by atomic mass is 9.73. The second-order valence-corrected chi connectivity index (χ2v) is 9.29. The molecule has 2 fully saturated rings. The molecule has 3 aromatic heterocycles. The summed E-state index contributed by atoms with van der Waals surface area (Å²) in [7, 11) is 3.50. The zero-order chi connectivity index (χ0) is 22.7. The fourth-order valence-electron chi connectivity index (χ4n) is 5.36. The predicted molar refractivity (Wildman–Crippen MR) is 124 cm³/mol. The van der Waals surface area contributed by atoms with Gasteiger partial charge in [0.1, 0.15) is 11.2 Å². The van der Waals surface area contributed by atoms with Crippen LogP contribution in [0.5, 0.6) is 5.88 Å². The minimum absolute atomic E-state index is 0.0711. The molecule has 0 radical (unpaired) electrons. The number of fused-ring (bicyclic) bond motifs is 2. The molecule has 0 unspecified atom stereocenters. The first-order valence-corrected chi connectivity index (χ1v) is 11.3. The number of nitrogens with zero attached hydrogens (tertiary/aromatic N) is 6. The number of aryl methyl sites for hydroxylation is 1. The molecule has 0 atom stereocenters. The molecule has 1 aliphatic carbocycles. The molecule has 0 bridgehead atoms. The Kier molecular flexibility index (Phi) is 4.33. The smallest absolute Gasteiger partial charge is 0.228 e. The predicted octanol–water partition coefficient (Wildman–Crippen LogP) is 2.87. The molecule has 4 heterocycles. The van der Waals surface area contributed by atoms with Gasteiger partial charge in [-0.3, -0.25) is 4.79 Å². The Bertz CT molecular complexity index is 1380. The Hall–Kier alpha value is -3.69. The number of hydrogen-bond acceptors (Lipinski definition) is 7. The van der Waals surface area contributed by atoms with Crippen LogP contribution in [-0.4, -0.2) is 66.0 Å². The summed E-state index contributed by atoms with van der Waals surface area (Å²) in [5.41, 5.74) is 4.40. The van der Waals surface area contributed by atoms with Gasteiger partial charge in [0.25, 0.3) is 0 Å². The summed E-state index contributed by atoms with van der Waals surface area (Å²) in [4.78, 5) is 26.8. The van der Waals surface area contributed by atoms with Gasteiger partial charge in [-0.1, -0.05) is 11.3 Å². The van der Waals surface area contributed by atoms with Gasteiger partial charge >= 0.3 is 0 Å². The molecule has 1 aromatic carbocycles. The van der Waals surface area contributed by atoms with Crippen LogP contribution in [0.15, 0.2) is 24.4 Å². The average molecular weight is 447 g/mol. The quantitative estimate of drug-likeness (QED) is 0.484. The molecule has 0 spiro atoms. The van der Waals surface area contributed by atoms with Crippen molar-refractivity contribution in [3.63, 3.8) is 0 Å². The summed E-state index contributed by atoms with van der Waals surface area (Å²) in [5.74, 6) is 1.31. The van der Waals surface area contributed by atoms with Crippen LogP contribution in [0.1, 0.15) is 32.6 Å². The number of hydrogen-bond donors (Lipinski definition) is 2. The van der Waals surface area contributed by atoms with Gasteiger partial charge in [-0.15, -0.1) is 5.10 Å². The minimum Gasteiger partial charge on any atom is -0.480 e. The second kappa shape index (κ2) is 7.16. The first-order chi connectivity index (χ1) is 15.9. The minimum atomic E-state index is -0.0711. The van der Waals surface area contributed by atoms with Crippen molar-refractivity contribution in [1.29, 1.82) is 0 Å². The number of likely N-dealkylation sites (tertiary alicyclic amines) is 1. The highest BCUT2D eigenvalue weighted by atomic mass is 16.5. The maximum atomic E-state index is 12.2. The van der Waals surface area contributed by atoms with Crippen LogP contribution in [0, 0.1) is 0 Å². The van der Waals surface area contributed by atoms with E-state index in [-0.39, 0.29) is 17.5 Å². The lowest BCUT2D eigenvalue weighted by molar-refractivity contribution is -0.136. The van der Waals surface area contributed by atoms with Gasteiger partial charge in [0.15, 0.2) is 0 Å². The van der Waals surface area contributed by atoms with E-state index in [1.807, 2.05) is 30.3 Å². The summed E-state index contributed by atoms with van der Waals surface area (Å²) < 4.78 is 7.42. The Balaban J connectivity index is 1.28. The van der Waals surface area contributed by atoms with E-state index in [2.05, 4.69) is 38.6 Å². The molecule has 170 valence electrons. The highest BCUT2D eigenvalue weighted by molar-refractivity contribution is 5.99. The van der Waals surface area contributed by atoms with Gasteiger partial charge < -0.3 is 19.9 Å². The van der Waals surface area contributed by atoms with Crippen LogP contribution in [0.25, 0.3) is 33.2 Å². The van der Waals surface area contributed by atoms with Crippen molar-refractivity contribution < 1.29 is 9.53 Å². The Morgan fingerprint density at radius 2 is 2.12 bits per heavy atom. The molecule has 1 aliphatic heterocycles. The molecule has 1 saturated heterocycles. The normalized spacial score (nSPS) is 22.8. The number of nitrogens with one attached hydrogen (secondary N) is 2. The maximum absolute atomic E-state index is 12.2. The Labute approximate surface area is 190 Å². The van der Waals surface area contributed by atoms with Crippen LogP contribution in [-0.2, 0) is 11.8 Å². The van der Waals surface area contributed by atoms with E-state index in [1.54, 1.807) is 11.8 Å². The van der Waals surface area contributed by atoms with Gasteiger partial charge in [-0.25, -0.2) is 4.68 Å². The van der Waals surface area contributed by atoms with Crippen LogP contribution >= 0.6 is 0 Å². The zero-order valence-corrected chi connectivity index (χ0v) is 18.9. The summed E-state index contributed by atoms with van der Waals surface area (Å²) in [6, 6.07) is 6.25. The van der Waals surface area contributed by atoms with Crippen molar-refractivity contribution in [3.8, 4) is 17.0 Å².